The summed E-state index contributed by atoms with van der Waals surface area (Å²) < 4.78 is 0. The van der Waals surface area contributed by atoms with Crippen LogP contribution in [0.5, 0.6) is 0 Å². The highest BCUT2D eigenvalue weighted by Gasteiger charge is 2.11. The molecule has 0 saturated heterocycles. The van der Waals surface area contributed by atoms with Crippen LogP contribution in [0.15, 0.2) is 42.5 Å². The van der Waals surface area contributed by atoms with Crippen LogP contribution < -0.4 is 0 Å². The maximum absolute atomic E-state index is 10.3. The van der Waals surface area contributed by atoms with Crippen molar-refractivity contribution in [3.05, 3.63) is 48.0 Å². The molecule has 0 saturated carbocycles. The second-order valence-corrected chi connectivity index (χ2v) is 5.96. The van der Waals surface area contributed by atoms with E-state index < -0.39 is 0 Å². The van der Waals surface area contributed by atoms with Crippen LogP contribution in [-0.4, -0.2) is 10.1 Å². The number of aromatic amines is 1. The highest BCUT2D eigenvalue weighted by Crippen LogP contribution is 2.29. The number of nitrogens with one attached hydrogen (secondary N) is 1. The number of rotatable bonds is 4. The van der Waals surface area contributed by atoms with Crippen LogP contribution in [0.25, 0.3) is 21.8 Å². The topological polar surface area (TPSA) is 36.0 Å². The Hall–Kier alpha value is -1.80. The summed E-state index contributed by atoms with van der Waals surface area (Å²) in [6, 6.07) is 14.5. The number of aromatic nitrogens is 1. The van der Waals surface area contributed by atoms with Crippen molar-refractivity contribution in [3.8, 4) is 0 Å². The molecule has 0 radical (unpaired) electrons. The maximum atomic E-state index is 10.3. The van der Waals surface area contributed by atoms with Gasteiger partial charge in [0, 0.05) is 21.8 Å². The van der Waals surface area contributed by atoms with Crippen molar-refractivity contribution < 1.29 is 5.11 Å². The van der Waals surface area contributed by atoms with Gasteiger partial charge in [0.1, 0.15) is 0 Å². The van der Waals surface area contributed by atoms with Gasteiger partial charge in [-0.3, -0.25) is 0 Å². The minimum Gasteiger partial charge on any atom is -0.388 e. The van der Waals surface area contributed by atoms with Gasteiger partial charge in [-0.15, -0.1) is 0 Å². The average molecular weight is 267 g/mol. The summed E-state index contributed by atoms with van der Waals surface area (Å²) >= 11 is 0. The molecule has 2 nitrogen and oxygen atoms in total. The van der Waals surface area contributed by atoms with Crippen molar-refractivity contribution in [1.82, 2.24) is 4.98 Å². The van der Waals surface area contributed by atoms with Gasteiger partial charge < -0.3 is 10.1 Å². The number of H-pyrrole nitrogens is 1. The Balaban J connectivity index is 1.99. The predicted molar refractivity (Wildman–Crippen MR) is 84.8 cm³/mol. The first-order valence-corrected chi connectivity index (χ1v) is 7.33. The highest BCUT2D eigenvalue weighted by atomic mass is 16.3. The zero-order chi connectivity index (χ0) is 14.1. The number of benzene rings is 2. The molecule has 0 aliphatic heterocycles. The van der Waals surface area contributed by atoms with Crippen LogP contribution in [0, 0.1) is 5.92 Å². The molecule has 2 N–H and O–H groups in total. The highest BCUT2D eigenvalue weighted by molar-refractivity contribution is 6.07. The fraction of sp³-hybridized carbons (Fsp3) is 0.333. The summed E-state index contributed by atoms with van der Waals surface area (Å²) in [4.78, 5) is 3.41. The molecular formula is C18H21NO. The smallest absolute Gasteiger partial charge is 0.0790 e. The Labute approximate surface area is 119 Å². The van der Waals surface area contributed by atoms with Gasteiger partial charge in [-0.05, 0) is 42.5 Å². The van der Waals surface area contributed by atoms with E-state index in [1.54, 1.807) is 0 Å². The lowest BCUT2D eigenvalue weighted by Gasteiger charge is -2.12. The van der Waals surface area contributed by atoms with E-state index in [9.17, 15) is 5.11 Å². The molecule has 0 spiro atoms. The fourth-order valence-electron chi connectivity index (χ4n) is 2.73. The maximum Gasteiger partial charge on any atom is 0.0790 e. The SMILES string of the molecule is CC(C)CCC(O)c1ccc2[nH]c3ccccc3c2c1. The third-order valence-corrected chi connectivity index (χ3v) is 3.93. The summed E-state index contributed by atoms with van der Waals surface area (Å²) in [6.45, 7) is 4.38. The standard InChI is InChI=1S/C18H21NO/c1-12(2)7-10-18(20)13-8-9-17-15(11-13)14-5-3-4-6-16(14)19-17/h3-6,8-9,11-12,18-20H,7,10H2,1-2H3. The number of fused-ring (bicyclic) bond motifs is 3. The van der Waals surface area contributed by atoms with Gasteiger partial charge in [-0.1, -0.05) is 38.1 Å². The minimum absolute atomic E-state index is 0.365. The first kappa shape index (κ1) is 13.2. The lowest BCUT2D eigenvalue weighted by atomic mass is 9.98. The number of aliphatic hydroxyl groups excluding tert-OH is 1. The number of para-hydroxylation sites is 1. The molecule has 0 aliphatic carbocycles. The summed E-state index contributed by atoms with van der Waals surface area (Å²) in [6.07, 6.45) is 1.51. The largest absolute Gasteiger partial charge is 0.388 e. The molecule has 1 atom stereocenters. The molecule has 0 bridgehead atoms. The zero-order valence-electron chi connectivity index (χ0n) is 12.1. The van der Waals surface area contributed by atoms with Crippen LogP contribution in [0.4, 0.5) is 0 Å². The molecule has 0 amide bonds. The van der Waals surface area contributed by atoms with E-state index in [2.05, 4.69) is 49.2 Å². The van der Waals surface area contributed by atoms with Gasteiger partial charge in [0.15, 0.2) is 0 Å². The van der Waals surface area contributed by atoms with Crippen molar-refractivity contribution >= 4 is 21.8 Å². The Bertz CT molecular complexity index is 726. The van der Waals surface area contributed by atoms with Crippen LogP contribution in [-0.2, 0) is 0 Å². The summed E-state index contributed by atoms with van der Waals surface area (Å²) in [5.74, 6) is 0.626. The number of aliphatic hydroxyl groups is 1. The summed E-state index contributed by atoms with van der Waals surface area (Å²) in [7, 11) is 0. The third-order valence-electron chi connectivity index (χ3n) is 3.93. The number of hydrogen-bond acceptors (Lipinski definition) is 1. The number of hydrogen-bond donors (Lipinski definition) is 2. The van der Waals surface area contributed by atoms with Gasteiger partial charge in [-0.2, -0.15) is 0 Å². The molecule has 2 aromatic carbocycles. The molecule has 3 aromatic rings. The van der Waals surface area contributed by atoms with Gasteiger partial charge in [0.25, 0.3) is 0 Å². The Morgan fingerprint density at radius 1 is 0.950 bits per heavy atom. The van der Waals surface area contributed by atoms with Crippen molar-refractivity contribution in [2.75, 3.05) is 0 Å². The normalized spacial score (nSPS) is 13.4. The third kappa shape index (κ3) is 2.44. The lowest BCUT2D eigenvalue weighted by molar-refractivity contribution is 0.159. The predicted octanol–water partition coefficient (Wildman–Crippen LogP) is 4.79. The lowest BCUT2D eigenvalue weighted by Crippen LogP contribution is -1.99. The molecular weight excluding hydrogens is 246 g/mol. The average Bonchev–Trinajstić information content (AvgIpc) is 2.82. The van der Waals surface area contributed by atoms with Gasteiger partial charge in [0.2, 0.25) is 0 Å². The second-order valence-electron chi connectivity index (χ2n) is 5.96. The quantitative estimate of drug-likeness (QED) is 0.700. The van der Waals surface area contributed by atoms with Gasteiger partial charge >= 0.3 is 0 Å². The van der Waals surface area contributed by atoms with Crippen LogP contribution >= 0.6 is 0 Å². The molecule has 1 aromatic heterocycles. The molecule has 1 unspecified atom stereocenters. The molecule has 104 valence electrons. The van der Waals surface area contributed by atoms with E-state index in [4.69, 9.17) is 0 Å². The second kappa shape index (κ2) is 5.29. The van der Waals surface area contributed by atoms with Gasteiger partial charge in [0.05, 0.1) is 6.10 Å². The first-order valence-electron chi connectivity index (χ1n) is 7.33. The van der Waals surface area contributed by atoms with Crippen molar-refractivity contribution in [1.29, 1.82) is 0 Å². The minimum atomic E-state index is -0.365. The van der Waals surface area contributed by atoms with Crippen LogP contribution in [0.1, 0.15) is 38.4 Å². The van der Waals surface area contributed by atoms with Crippen molar-refractivity contribution in [2.24, 2.45) is 5.92 Å². The molecule has 20 heavy (non-hydrogen) atoms. The van der Waals surface area contributed by atoms with Gasteiger partial charge in [-0.25, -0.2) is 0 Å². The Morgan fingerprint density at radius 3 is 2.50 bits per heavy atom. The van der Waals surface area contributed by atoms with E-state index in [0.717, 1.165) is 29.4 Å². The van der Waals surface area contributed by atoms with E-state index in [1.807, 2.05) is 12.1 Å². The Morgan fingerprint density at radius 2 is 1.70 bits per heavy atom. The first-order chi connectivity index (χ1) is 9.65. The Kier molecular flexibility index (Phi) is 3.49. The van der Waals surface area contributed by atoms with Crippen LogP contribution in [0.2, 0.25) is 0 Å². The summed E-state index contributed by atoms with van der Waals surface area (Å²) in [5.41, 5.74) is 3.30. The molecule has 0 aliphatic rings. The monoisotopic (exact) mass is 267 g/mol. The van der Waals surface area contributed by atoms with E-state index in [0.29, 0.717) is 5.92 Å². The molecule has 1 heterocycles. The van der Waals surface area contributed by atoms with E-state index in [-0.39, 0.29) is 6.10 Å². The molecule has 0 fully saturated rings. The molecule has 2 heteroatoms. The van der Waals surface area contributed by atoms with E-state index >= 15 is 0 Å². The van der Waals surface area contributed by atoms with E-state index in [1.165, 1.54) is 10.8 Å². The van der Waals surface area contributed by atoms with Crippen LogP contribution in [0.3, 0.4) is 0 Å². The zero-order valence-corrected chi connectivity index (χ0v) is 12.1. The summed E-state index contributed by atoms with van der Waals surface area (Å²) in [5, 5.41) is 12.7. The van der Waals surface area contributed by atoms with Crippen molar-refractivity contribution in [3.63, 3.8) is 0 Å². The molecule has 3 rings (SSSR count). The fourth-order valence-corrected chi connectivity index (χ4v) is 2.73. The van der Waals surface area contributed by atoms with Crippen molar-refractivity contribution in [2.45, 2.75) is 32.8 Å².